The van der Waals surface area contributed by atoms with E-state index in [1.807, 2.05) is 27.7 Å². The summed E-state index contributed by atoms with van der Waals surface area (Å²) in [5, 5.41) is 11.6. The van der Waals surface area contributed by atoms with E-state index >= 15 is 0 Å². The molecule has 2 aliphatic heterocycles. The van der Waals surface area contributed by atoms with Gasteiger partial charge in [0.05, 0.1) is 22.1 Å². The van der Waals surface area contributed by atoms with Crippen LogP contribution in [-0.4, -0.2) is 103 Å². The number of carbonyl (C=O) groups excluding carboxylic acids is 5. The molecule has 3 aliphatic carbocycles. The van der Waals surface area contributed by atoms with Crippen molar-refractivity contribution in [2.75, 3.05) is 25.5 Å². The van der Waals surface area contributed by atoms with Gasteiger partial charge in [-0.3, -0.25) is 19.2 Å². The summed E-state index contributed by atoms with van der Waals surface area (Å²) in [6.45, 7) is 14.6. The first kappa shape index (κ1) is 41.4. The standard InChI is InChI=1S/C39H65N5O8S/c1-8-9-13-28(30(45)33(47)40-25-14-15-25)41-32(46)29-26-22-37(5,6)27(26)23-44(29)34(48)31(36(2,3)4)42-35(49)43-39(16-11-10-12-17-39)24-53(50,51)38(7)18-20-52-21-19-38/h25-29,31H,8-24H2,1-7H3,(H,40,47)(H,41,46)(H2,42,43,49). The van der Waals surface area contributed by atoms with Gasteiger partial charge in [-0.15, -0.1) is 0 Å². The third kappa shape index (κ3) is 9.22. The molecular weight excluding hydrogens is 699 g/mol. The quantitative estimate of drug-likeness (QED) is 0.193. The van der Waals surface area contributed by atoms with Gasteiger partial charge < -0.3 is 30.9 Å². The van der Waals surface area contributed by atoms with E-state index in [0.29, 0.717) is 64.7 Å². The van der Waals surface area contributed by atoms with Gasteiger partial charge in [0.2, 0.25) is 17.6 Å². The van der Waals surface area contributed by atoms with Crippen molar-refractivity contribution in [3.05, 3.63) is 0 Å². The second-order valence-electron chi connectivity index (χ2n) is 18.8. The van der Waals surface area contributed by atoms with Gasteiger partial charge in [-0.1, -0.05) is 73.6 Å². The average Bonchev–Trinajstić information content (AvgIpc) is 3.83. The van der Waals surface area contributed by atoms with Gasteiger partial charge in [0, 0.05) is 25.8 Å². The second-order valence-corrected chi connectivity index (χ2v) is 21.3. The summed E-state index contributed by atoms with van der Waals surface area (Å²) in [6.07, 6.45) is 8.47. The minimum absolute atomic E-state index is 0.00147. The van der Waals surface area contributed by atoms with Crippen LogP contribution in [0, 0.1) is 22.7 Å². The Morgan fingerprint density at radius 2 is 1.57 bits per heavy atom. The zero-order chi connectivity index (χ0) is 39.0. The third-order valence-corrected chi connectivity index (χ3v) is 15.8. The van der Waals surface area contributed by atoms with Crippen molar-refractivity contribution < 1.29 is 37.1 Å². The number of likely N-dealkylation sites (tertiary alicyclic amines) is 1. The molecule has 3 saturated carbocycles. The van der Waals surface area contributed by atoms with E-state index in [9.17, 15) is 32.4 Å². The molecule has 300 valence electrons. The highest BCUT2D eigenvalue weighted by Crippen LogP contribution is 2.57. The number of fused-ring (bicyclic) bond motifs is 1. The molecule has 0 aromatic rings. The van der Waals surface area contributed by atoms with Gasteiger partial charge in [0.15, 0.2) is 9.84 Å². The van der Waals surface area contributed by atoms with Crippen LogP contribution in [0.3, 0.4) is 0 Å². The first-order chi connectivity index (χ1) is 24.7. The fraction of sp³-hybridized carbons (Fsp3) is 0.872. The lowest BCUT2D eigenvalue weighted by molar-refractivity contribution is -0.145. The van der Waals surface area contributed by atoms with Crippen molar-refractivity contribution in [3.8, 4) is 0 Å². The van der Waals surface area contributed by atoms with Crippen LogP contribution < -0.4 is 21.3 Å². The van der Waals surface area contributed by atoms with Crippen LogP contribution in [0.4, 0.5) is 4.79 Å². The molecule has 14 heteroatoms. The molecule has 4 N–H and O–H groups in total. The van der Waals surface area contributed by atoms with Crippen molar-refractivity contribution in [2.24, 2.45) is 22.7 Å². The highest BCUT2D eigenvalue weighted by molar-refractivity contribution is 7.92. The van der Waals surface area contributed by atoms with E-state index in [1.165, 1.54) is 0 Å². The fourth-order valence-electron chi connectivity index (χ4n) is 9.14. The van der Waals surface area contributed by atoms with E-state index in [-0.39, 0.29) is 29.0 Å². The number of amides is 5. The number of carbonyl (C=O) groups is 5. The van der Waals surface area contributed by atoms with Gasteiger partial charge in [-0.05, 0) is 81.0 Å². The number of ketones is 1. The zero-order valence-electron chi connectivity index (χ0n) is 33.1. The predicted octanol–water partition coefficient (Wildman–Crippen LogP) is 3.78. The Morgan fingerprint density at radius 3 is 2.13 bits per heavy atom. The van der Waals surface area contributed by atoms with Gasteiger partial charge in [0.25, 0.3) is 5.91 Å². The molecule has 53 heavy (non-hydrogen) atoms. The monoisotopic (exact) mass is 763 g/mol. The number of unbranched alkanes of at least 4 members (excludes halogenated alkanes) is 1. The van der Waals surface area contributed by atoms with Crippen molar-refractivity contribution in [1.82, 2.24) is 26.2 Å². The van der Waals surface area contributed by atoms with E-state index < -0.39 is 73.2 Å². The number of nitrogens with one attached hydrogen (secondary N) is 4. The molecule has 5 fully saturated rings. The molecule has 0 spiro atoms. The molecular formula is C39H65N5O8S. The van der Waals surface area contributed by atoms with Crippen LogP contribution in [0.25, 0.3) is 0 Å². The van der Waals surface area contributed by atoms with Crippen molar-refractivity contribution >= 4 is 39.4 Å². The minimum Gasteiger partial charge on any atom is -0.381 e. The molecule has 2 saturated heterocycles. The molecule has 2 heterocycles. The molecule has 5 amide bonds. The van der Waals surface area contributed by atoms with Crippen LogP contribution in [0.1, 0.15) is 132 Å². The van der Waals surface area contributed by atoms with E-state index in [0.717, 1.165) is 38.5 Å². The lowest BCUT2D eigenvalue weighted by atomic mass is 9.55. The number of rotatable bonds is 14. The van der Waals surface area contributed by atoms with Crippen LogP contribution >= 0.6 is 0 Å². The summed E-state index contributed by atoms with van der Waals surface area (Å²) in [7, 11) is -3.63. The Labute approximate surface area is 316 Å². The Kier molecular flexibility index (Phi) is 12.3. The lowest BCUT2D eigenvalue weighted by Gasteiger charge is -2.48. The Morgan fingerprint density at radius 1 is 0.925 bits per heavy atom. The molecule has 0 aromatic carbocycles. The molecule has 5 rings (SSSR count). The molecule has 5 unspecified atom stereocenters. The van der Waals surface area contributed by atoms with Gasteiger partial charge in [0.1, 0.15) is 12.1 Å². The number of hydrogen-bond acceptors (Lipinski definition) is 8. The summed E-state index contributed by atoms with van der Waals surface area (Å²) >= 11 is 0. The summed E-state index contributed by atoms with van der Waals surface area (Å²) in [5.74, 6) is -2.49. The van der Waals surface area contributed by atoms with Crippen molar-refractivity contribution in [1.29, 1.82) is 0 Å². The topological polar surface area (TPSA) is 180 Å². The number of urea groups is 1. The Bertz CT molecular complexity index is 1510. The smallest absolute Gasteiger partial charge is 0.315 e. The van der Waals surface area contributed by atoms with Crippen LogP contribution in [0.5, 0.6) is 0 Å². The maximum Gasteiger partial charge on any atom is 0.315 e. The lowest BCUT2D eigenvalue weighted by Crippen LogP contribution is -2.64. The Balaban J connectivity index is 1.35. The summed E-state index contributed by atoms with van der Waals surface area (Å²) < 4.78 is 32.4. The summed E-state index contributed by atoms with van der Waals surface area (Å²) in [6, 6.07) is -3.51. The van der Waals surface area contributed by atoms with Gasteiger partial charge >= 0.3 is 6.03 Å². The van der Waals surface area contributed by atoms with E-state index in [2.05, 4.69) is 35.1 Å². The average molecular weight is 764 g/mol. The van der Waals surface area contributed by atoms with E-state index in [1.54, 1.807) is 11.8 Å². The van der Waals surface area contributed by atoms with E-state index in [4.69, 9.17) is 4.74 Å². The maximum absolute atomic E-state index is 14.7. The zero-order valence-corrected chi connectivity index (χ0v) is 33.9. The maximum atomic E-state index is 14.7. The first-order valence-corrected chi connectivity index (χ1v) is 21.7. The second kappa shape index (κ2) is 15.8. The first-order valence-electron chi connectivity index (χ1n) is 20.1. The molecule has 0 bridgehead atoms. The van der Waals surface area contributed by atoms with Gasteiger partial charge in [-0.25, -0.2) is 13.2 Å². The molecule has 0 aromatic heterocycles. The van der Waals surface area contributed by atoms with Crippen LogP contribution in [-0.2, 0) is 33.8 Å². The highest BCUT2D eigenvalue weighted by atomic mass is 32.2. The highest BCUT2D eigenvalue weighted by Gasteiger charge is 2.61. The Hall–Kier alpha value is -2.74. The fourth-order valence-corrected chi connectivity index (χ4v) is 11.4. The number of ether oxygens (including phenoxy) is 1. The number of sulfone groups is 1. The van der Waals surface area contributed by atoms with Crippen molar-refractivity contribution in [2.45, 2.75) is 166 Å². The predicted molar refractivity (Wildman–Crippen MR) is 201 cm³/mol. The largest absolute Gasteiger partial charge is 0.381 e. The normalized spacial score (nSPS) is 27.3. The van der Waals surface area contributed by atoms with Crippen LogP contribution in [0.2, 0.25) is 0 Å². The molecule has 0 radical (unpaired) electrons. The SMILES string of the molecule is CCCCC(NC(=O)C1C2CC(C)(C)C2CN1C(=O)C(NC(=O)NC1(CS(=O)(=O)C2(C)CCOCC2)CCCCC1)C(C)(C)C)C(=O)C(=O)NC1CC1. The molecule has 13 nitrogen and oxygen atoms in total. The number of nitrogens with zero attached hydrogens (tertiary/aromatic N) is 1. The van der Waals surface area contributed by atoms with Gasteiger partial charge in [-0.2, -0.15) is 0 Å². The molecule has 5 aliphatic rings. The minimum atomic E-state index is -3.63. The third-order valence-electron chi connectivity index (χ3n) is 12.9. The van der Waals surface area contributed by atoms with Crippen molar-refractivity contribution in [3.63, 3.8) is 0 Å². The number of Topliss-reactive ketones (excluding diaryl/α,β-unsaturated/α-hetero) is 1. The molecule has 5 atom stereocenters. The summed E-state index contributed by atoms with van der Waals surface area (Å²) in [4.78, 5) is 70.6. The van der Waals surface area contributed by atoms with Crippen LogP contribution in [0.15, 0.2) is 0 Å². The number of hydrogen-bond donors (Lipinski definition) is 4. The summed E-state index contributed by atoms with van der Waals surface area (Å²) in [5.41, 5.74) is -1.85.